The quantitative estimate of drug-likeness (QED) is 0.160. The molecule has 2 aromatic heterocycles. The summed E-state index contributed by atoms with van der Waals surface area (Å²) in [4.78, 5) is 4.69. The number of hydrogen-bond donors (Lipinski definition) is 0. The minimum atomic E-state index is 0.910. The SMILES string of the molecule is c1ccc(N(c2ccccc2)c2ccc(N(c3ccc4sc5ccccc5c4c3)c3ccc4c(c3)c3ccccc3c3c5ccccc5oc43)cc2)cc1. The van der Waals surface area contributed by atoms with E-state index in [0.29, 0.717) is 0 Å². The van der Waals surface area contributed by atoms with Crippen LogP contribution >= 0.6 is 11.3 Å². The maximum Gasteiger partial charge on any atom is 0.143 e. The molecule has 0 radical (unpaired) electrons. The van der Waals surface area contributed by atoms with Gasteiger partial charge in [-0.3, -0.25) is 0 Å². The van der Waals surface area contributed by atoms with Gasteiger partial charge in [-0.2, -0.15) is 0 Å². The van der Waals surface area contributed by atoms with E-state index < -0.39 is 0 Å². The Morgan fingerprint density at radius 1 is 0.315 bits per heavy atom. The summed E-state index contributed by atoms with van der Waals surface area (Å²) in [7, 11) is 0. The molecule has 0 N–H and O–H groups in total. The molecule has 54 heavy (non-hydrogen) atoms. The smallest absolute Gasteiger partial charge is 0.143 e. The molecule has 2 heterocycles. The molecule has 11 aromatic rings. The third-order valence-corrected chi connectivity index (χ3v) is 11.8. The molecule has 11 rings (SSSR count). The first-order valence-corrected chi connectivity index (χ1v) is 19.1. The molecule has 0 aliphatic heterocycles. The van der Waals surface area contributed by atoms with Gasteiger partial charge in [-0.25, -0.2) is 0 Å². The Balaban J connectivity index is 1.13. The second kappa shape index (κ2) is 12.4. The van der Waals surface area contributed by atoms with Gasteiger partial charge < -0.3 is 14.2 Å². The first-order valence-electron chi connectivity index (χ1n) is 18.3. The van der Waals surface area contributed by atoms with Gasteiger partial charge in [0.2, 0.25) is 0 Å². The summed E-state index contributed by atoms with van der Waals surface area (Å²) in [6.07, 6.45) is 0. The summed E-state index contributed by atoms with van der Waals surface area (Å²) in [5.74, 6) is 0. The van der Waals surface area contributed by atoms with Gasteiger partial charge in [-0.15, -0.1) is 11.3 Å². The third kappa shape index (κ3) is 4.88. The van der Waals surface area contributed by atoms with Gasteiger partial charge in [0, 0.05) is 70.5 Å². The molecule has 0 aliphatic carbocycles. The Kier molecular flexibility index (Phi) is 7.04. The number of hydrogen-bond acceptors (Lipinski definition) is 4. The van der Waals surface area contributed by atoms with Crippen LogP contribution in [0.3, 0.4) is 0 Å². The summed E-state index contributed by atoms with van der Waals surface area (Å²) in [6, 6.07) is 69.6. The largest absolute Gasteiger partial charge is 0.455 e. The van der Waals surface area contributed by atoms with Crippen molar-refractivity contribution < 1.29 is 4.42 Å². The molecule has 0 saturated heterocycles. The van der Waals surface area contributed by atoms with Crippen LogP contribution in [-0.4, -0.2) is 0 Å². The molecule has 254 valence electrons. The third-order valence-electron chi connectivity index (χ3n) is 10.6. The highest BCUT2D eigenvalue weighted by atomic mass is 32.1. The van der Waals surface area contributed by atoms with E-state index in [2.05, 4.69) is 198 Å². The number of para-hydroxylation sites is 3. The van der Waals surface area contributed by atoms with Crippen molar-refractivity contribution in [3.8, 4) is 0 Å². The van der Waals surface area contributed by atoms with Crippen molar-refractivity contribution in [3.05, 3.63) is 194 Å². The Labute approximate surface area is 316 Å². The summed E-state index contributed by atoms with van der Waals surface area (Å²) in [5, 5.41) is 9.56. The molecule has 0 atom stereocenters. The number of thiophene rings is 1. The van der Waals surface area contributed by atoms with Crippen LogP contribution in [0.5, 0.6) is 0 Å². The lowest BCUT2D eigenvalue weighted by molar-refractivity contribution is 0.673. The van der Waals surface area contributed by atoms with Gasteiger partial charge in [-0.05, 0) is 113 Å². The van der Waals surface area contributed by atoms with Gasteiger partial charge in [0.05, 0.1) is 0 Å². The first kappa shape index (κ1) is 30.7. The van der Waals surface area contributed by atoms with Crippen LogP contribution in [0.1, 0.15) is 0 Å². The van der Waals surface area contributed by atoms with E-state index in [9.17, 15) is 0 Å². The van der Waals surface area contributed by atoms with Gasteiger partial charge in [0.1, 0.15) is 11.2 Å². The van der Waals surface area contributed by atoms with Crippen molar-refractivity contribution in [1.82, 2.24) is 0 Å². The lowest BCUT2D eigenvalue weighted by Gasteiger charge is -2.28. The molecule has 0 saturated carbocycles. The maximum absolute atomic E-state index is 6.62. The van der Waals surface area contributed by atoms with Gasteiger partial charge in [0.25, 0.3) is 0 Å². The normalized spacial score (nSPS) is 11.7. The summed E-state index contributed by atoms with van der Waals surface area (Å²) in [5.41, 5.74) is 8.42. The second-order valence-corrected chi connectivity index (χ2v) is 14.8. The Morgan fingerprint density at radius 3 is 1.50 bits per heavy atom. The maximum atomic E-state index is 6.62. The minimum absolute atomic E-state index is 0.910. The zero-order valence-corrected chi connectivity index (χ0v) is 30.0. The van der Waals surface area contributed by atoms with E-state index in [1.165, 1.54) is 36.3 Å². The Bertz CT molecular complexity index is 3130. The molecule has 4 heteroatoms. The highest BCUT2D eigenvalue weighted by Gasteiger charge is 2.20. The molecular weight excluding hydrogens is 677 g/mol. The molecular formula is C50H32N2OS. The second-order valence-electron chi connectivity index (χ2n) is 13.7. The number of furan rings is 1. The Hall–Kier alpha value is -6.88. The van der Waals surface area contributed by atoms with E-state index in [4.69, 9.17) is 4.42 Å². The predicted molar refractivity (Wildman–Crippen MR) is 231 cm³/mol. The molecule has 0 amide bonds. The molecule has 0 aliphatic rings. The van der Waals surface area contributed by atoms with E-state index >= 15 is 0 Å². The van der Waals surface area contributed by atoms with Crippen LogP contribution in [0, 0.1) is 0 Å². The molecule has 0 bridgehead atoms. The molecule has 0 fully saturated rings. The van der Waals surface area contributed by atoms with Crippen LogP contribution in [0.15, 0.2) is 199 Å². The van der Waals surface area contributed by atoms with Crippen molar-refractivity contribution in [2.24, 2.45) is 0 Å². The number of benzene rings is 9. The van der Waals surface area contributed by atoms with E-state index in [1.807, 2.05) is 17.4 Å². The number of anilines is 6. The standard InChI is InChI=1S/C50H32N2OS/c1-3-13-33(14-4-1)51(34-15-5-2-6-16-34)35-23-25-36(26-24-35)52(38-28-30-48-45(32-38)40-18-10-12-22-47(40)54-48)37-27-29-42-44(31-37)39-17-7-8-19-41(39)49-43-20-9-11-21-46(43)53-50(42)49/h1-32H. The summed E-state index contributed by atoms with van der Waals surface area (Å²) >= 11 is 1.85. The summed E-state index contributed by atoms with van der Waals surface area (Å²) < 4.78 is 9.20. The Morgan fingerprint density at radius 2 is 0.796 bits per heavy atom. The zero-order chi connectivity index (χ0) is 35.6. The van der Waals surface area contributed by atoms with Crippen LogP contribution in [-0.2, 0) is 0 Å². The lowest BCUT2D eigenvalue weighted by Crippen LogP contribution is -2.12. The van der Waals surface area contributed by atoms with Gasteiger partial charge in [0.15, 0.2) is 0 Å². The minimum Gasteiger partial charge on any atom is -0.455 e. The topological polar surface area (TPSA) is 19.6 Å². The van der Waals surface area contributed by atoms with Crippen molar-refractivity contribution >= 4 is 109 Å². The van der Waals surface area contributed by atoms with Crippen LogP contribution < -0.4 is 9.80 Å². The monoisotopic (exact) mass is 708 g/mol. The summed E-state index contributed by atoms with van der Waals surface area (Å²) in [6.45, 7) is 0. The molecule has 9 aromatic carbocycles. The van der Waals surface area contributed by atoms with Crippen LogP contribution in [0.4, 0.5) is 34.1 Å². The van der Waals surface area contributed by atoms with Crippen molar-refractivity contribution in [2.45, 2.75) is 0 Å². The van der Waals surface area contributed by atoms with Gasteiger partial charge >= 0.3 is 0 Å². The van der Waals surface area contributed by atoms with Crippen molar-refractivity contribution in [1.29, 1.82) is 0 Å². The molecule has 0 unspecified atom stereocenters. The highest BCUT2D eigenvalue weighted by molar-refractivity contribution is 7.25. The average molecular weight is 709 g/mol. The van der Waals surface area contributed by atoms with Crippen LogP contribution in [0.25, 0.3) is 63.7 Å². The zero-order valence-electron chi connectivity index (χ0n) is 29.2. The van der Waals surface area contributed by atoms with Crippen LogP contribution in [0.2, 0.25) is 0 Å². The fourth-order valence-corrected chi connectivity index (χ4v) is 9.27. The van der Waals surface area contributed by atoms with E-state index in [0.717, 1.165) is 61.4 Å². The van der Waals surface area contributed by atoms with E-state index in [1.54, 1.807) is 0 Å². The number of rotatable bonds is 6. The first-order chi connectivity index (χ1) is 26.8. The fraction of sp³-hybridized carbons (Fsp3) is 0. The lowest BCUT2D eigenvalue weighted by atomic mass is 9.96. The molecule has 3 nitrogen and oxygen atoms in total. The van der Waals surface area contributed by atoms with Gasteiger partial charge in [-0.1, -0.05) is 97.1 Å². The number of nitrogens with zero attached hydrogens (tertiary/aromatic N) is 2. The van der Waals surface area contributed by atoms with E-state index in [-0.39, 0.29) is 0 Å². The van der Waals surface area contributed by atoms with Crippen molar-refractivity contribution in [2.75, 3.05) is 9.80 Å². The fourth-order valence-electron chi connectivity index (χ4n) is 8.18. The predicted octanol–water partition coefficient (Wildman–Crippen LogP) is 15.2. The molecule has 0 spiro atoms. The average Bonchev–Trinajstić information content (AvgIpc) is 3.82. The van der Waals surface area contributed by atoms with Crippen molar-refractivity contribution in [3.63, 3.8) is 0 Å². The number of fused-ring (bicyclic) bond motifs is 11. The highest BCUT2D eigenvalue weighted by Crippen LogP contribution is 2.46.